The molecule has 0 atom stereocenters. The zero-order valence-electron chi connectivity index (χ0n) is 11.0. The predicted molar refractivity (Wildman–Crippen MR) is 70.3 cm³/mol. The Labute approximate surface area is 120 Å². The zero-order chi connectivity index (χ0) is 14.6. The number of ketones is 2. The number of hydrogen-bond donors (Lipinski definition) is 0. The van der Waals surface area contributed by atoms with Crippen molar-refractivity contribution in [1.82, 2.24) is 14.7 Å². The van der Waals surface area contributed by atoms with Crippen molar-refractivity contribution in [3.8, 4) is 0 Å². The number of fused-ring (bicyclic) bond motifs is 1. The second-order valence-corrected chi connectivity index (χ2v) is 5.35. The van der Waals surface area contributed by atoms with E-state index in [1.165, 1.54) is 22.7 Å². The van der Waals surface area contributed by atoms with Crippen molar-refractivity contribution in [3.63, 3.8) is 0 Å². The molecule has 20 heavy (non-hydrogen) atoms. The number of hydrogen-bond acceptors (Lipinski definition) is 4. The van der Waals surface area contributed by atoms with E-state index < -0.39 is 11.6 Å². The second-order valence-electron chi connectivity index (χ2n) is 4.97. The van der Waals surface area contributed by atoms with Crippen molar-refractivity contribution in [2.24, 2.45) is 7.05 Å². The van der Waals surface area contributed by atoms with Crippen molar-refractivity contribution < 1.29 is 14.4 Å². The van der Waals surface area contributed by atoms with E-state index in [-0.39, 0.29) is 33.9 Å². The summed E-state index contributed by atoms with van der Waals surface area (Å²) in [6.07, 6.45) is 2.97. The Bertz CT molecular complexity index is 685. The average molecular weight is 294 g/mol. The summed E-state index contributed by atoms with van der Waals surface area (Å²) in [6.45, 7) is 1.37. The van der Waals surface area contributed by atoms with Gasteiger partial charge in [-0.3, -0.25) is 19.1 Å². The third-order valence-electron chi connectivity index (χ3n) is 3.51. The third-order valence-corrected chi connectivity index (χ3v) is 3.86. The number of halogens is 1. The van der Waals surface area contributed by atoms with Crippen LogP contribution in [0.5, 0.6) is 0 Å². The number of carbonyl (C=O) groups is 3. The summed E-state index contributed by atoms with van der Waals surface area (Å²) in [4.78, 5) is 37.9. The Kier molecular flexibility index (Phi) is 2.79. The van der Waals surface area contributed by atoms with Crippen LogP contribution in [-0.2, 0) is 11.8 Å². The number of Topliss-reactive ketones (excluding diaryl/α,β-unsaturated/α-hetero) is 2. The fourth-order valence-electron chi connectivity index (χ4n) is 2.46. The van der Waals surface area contributed by atoms with Crippen molar-refractivity contribution in [2.45, 2.75) is 25.8 Å². The number of carbonyl (C=O) groups excluding carboxylic acids is 3. The molecule has 1 aromatic heterocycles. The highest BCUT2D eigenvalue weighted by Crippen LogP contribution is 2.36. The van der Waals surface area contributed by atoms with Crippen LogP contribution in [0.3, 0.4) is 0 Å². The minimum atomic E-state index is -0.469. The van der Waals surface area contributed by atoms with E-state index >= 15 is 0 Å². The van der Waals surface area contributed by atoms with Gasteiger partial charge in [-0.2, -0.15) is 5.10 Å². The van der Waals surface area contributed by atoms with Gasteiger partial charge in [0.05, 0.1) is 11.8 Å². The molecule has 1 heterocycles. The molecule has 0 saturated heterocycles. The first-order chi connectivity index (χ1) is 9.43. The van der Waals surface area contributed by atoms with Crippen molar-refractivity contribution in [1.29, 1.82) is 0 Å². The maximum atomic E-state index is 12.5. The standard InChI is InChI=1S/C13H12ClN3O3/c1-6(18)17(7-3-4-7)11-9(14)13(20)10-8(12(11)19)5-15-16(10)2/h5,7H,3-4H2,1-2H3. The lowest BCUT2D eigenvalue weighted by atomic mass is 9.98. The average Bonchev–Trinajstić information content (AvgIpc) is 3.13. The number of nitrogens with zero attached hydrogens (tertiary/aromatic N) is 3. The summed E-state index contributed by atoms with van der Waals surface area (Å²) in [5, 5.41) is 3.72. The molecular formula is C13H12ClN3O3. The lowest BCUT2D eigenvalue weighted by Gasteiger charge is -2.26. The largest absolute Gasteiger partial charge is 0.305 e. The topological polar surface area (TPSA) is 72.3 Å². The van der Waals surface area contributed by atoms with Gasteiger partial charge < -0.3 is 4.90 Å². The van der Waals surface area contributed by atoms with Crippen LogP contribution < -0.4 is 0 Å². The van der Waals surface area contributed by atoms with Crippen LogP contribution >= 0.6 is 11.6 Å². The van der Waals surface area contributed by atoms with Gasteiger partial charge in [0.15, 0.2) is 0 Å². The SMILES string of the molecule is CC(=O)N(C1=C(Cl)C(=O)c2c(cnn2C)C1=O)C1CC1. The van der Waals surface area contributed by atoms with Gasteiger partial charge in [-0.05, 0) is 12.8 Å². The quantitative estimate of drug-likeness (QED) is 0.823. The molecule has 0 aliphatic heterocycles. The van der Waals surface area contributed by atoms with E-state index in [4.69, 9.17) is 11.6 Å². The third kappa shape index (κ3) is 1.71. The molecule has 0 radical (unpaired) electrons. The summed E-state index contributed by atoms with van der Waals surface area (Å²) in [7, 11) is 1.57. The van der Waals surface area contributed by atoms with Crippen LogP contribution in [0.2, 0.25) is 0 Å². The number of allylic oxidation sites excluding steroid dienone is 2. The van der Waals surface area contributed by atoms with Crippen LogP contribution in [0.4, 0.5) is 0 Å². The minimum absolute atomic E-state index is 0.00725. The summed E-state index contributed by atoms with van der Waals surface area (Å²) in [5.74, 6) is -1.17. The lowest BCUT2D eigenvalue weighted by molar-refractivity contribution is -0.127. The van der Waals surface area contributed by atoms with E-state index in [0.717, 1.165) is 12.8 Å². The van der Waals surface area contributed by atoms with Crippen LogP contribution in [0, 0.1) is 0 Å². The van der Waals surface area contributed by atoms with Crippen molar-refractivity contribution >= 4 is 29.1 Å². The van der Waals surface area contributed by atoms with Crippen LogP contribution in [0.1, 0.15) is 40.6 Å². The van der Waals surface area contributed by atoms with E-state index in [1.807, 2.05) is 0 Å². The monoisotopic (exact) mass is 293 g/mol. The number of aromatic nitrogens is 2. The molecule has 0 bridgehead atoms. The van der Waals surface area contributed by atoms with Crippen LogP contribution in [-0.4, -0.2) is 38.2 Å². The first kappa shape index (κ1) is 13.1. The highest BCUT2D eigenvalue weighted by molar-refractivity contribution is 6.49. The highest BCUT2D eigenvalue weighted by atomic mass is 35.5. The van der Waals surface area contributed by atoms with Crippen molar-refractivity contribution in [3.05, 3.63) is 28.2 Å². The predicted octanol–water partition coefficient (Wildman–Crippen LogP) is 1.26. The second kappa shape index (κ2) is 4.28. The first-order valence-corrected chi connectivity index (χ1v) is 6.62. The first-order valence-electron chi connectivity index (χ1n) is 6.24. The molecule has 2 aliphatic rings. The lowest BCUT2D eigenvalue weighted by Crippen LogP contribution is -2.37. The molecule has 2 aliphatic carbocycles. The molecule has 1 saturated carbocycles. The zero-order valence-corrected chi connectivity index (χ0v) is 11.8. The van der Waals surface area contributed by atoms with E-state index in [2.05, 4.69) is 5.10 Å². The van der Waals surface area contributed by atoms with Gasteiger partial charge in [0.1, 0.15) is 16.4 Å². The van der Waals surface area contributed by atoms with Crippen molar-refractivity contribution in [2.75, 3.05) is 0 Å². The van der Waals surface area contributed by atoms with Gasteiger partial charge in [-0.15, -0.1) is 0 Å². The Morgan fingerprint density at radius 3 is 2.60 bits per heavy atom. The van der Waals surface area contributed by atoms with Crippen LogP contribution in [0.25, 0.3) is 0 Å². The number of aryl methyl sites for hydroxylation is 1. The van der Waals surface area contributed by atoms with Gasteiger partial charge in [0.2, 0.25) is 17.5 Å². The smallest absolute Gasteiger partial charge is 0.225 e. The molecule has 0 aromatic carbocycles. The molecule has 1 aromatic rings. The molecule has 3 rings (SSSR count). The van der Waals surface area contributed by atoms with Crippen LogP contribution in [0.15, 0.2) is 16.9 Å². The molecule has 7 heteroatoms. The Morgan fingerprint density at radius 2 is 2.05 bits per heavy atom. The maximum Gasteiger partial charge on any atom is 0.225 e. The molecule has 104 valence electrons. The Hall–Kier alpha value is -1.95. The molecule has 0 spiro atoms. The molecule has 1 amide bonds. The summed E-state index contributed by atoms with van der Waals surface area (Å²) in [6, 6.07) is -0.0359. The summed E-state index contributed by atoms with van der Waals surface area (Å²) >= 11 is 6.07. The van der Waals surface area contributed by atoms with Gasteiger partial charge in [0, 0.05) is 20.0 Å². The van der Waals surface area contributed by atoms with E-state index in [0.29, 0.717) is 0 Å². The maximum absolute atomic E-state index is 12.5. The molecule has 0 unspecified atom stereocenters. The van der Waals surface area contributed by atoms with Gasteiger partial charge in [-0.1, -0.05) is 11.6 Å². The van der Waals surface area contributed by atoms with Gasteiger partial charge in [0.25, 0.3) is 0 Å². The number of amides is 1. The molecule has 6 nitrogen and oxygen atoms in total. The van der Waals surface area contributed by atoms with Gasteiger partial charge in [-0.25, -0.2) is 0 Å². The fraction of sp³-hybridized carbons (Fsp3) is 0.385. The van der Waals surface area contributed by atoms with Gasteiger partial charge >= 0.3 is 0 Å². The van der Waals surface area contributed by atoms with E-state index in [1.54, 1.807) is 7.05 Å². The summed E-state index contributed by atoms with van der Waals surface area (Å²) < 4.78 is 1.32. The minimum Gasteiger partial charge on any atom is -0.305 e. The highest BCUT2D eigenvalue weighted by Gasteiger charge is 2.43. The molecule has 1 fully saturated rings. The Morgan fingerprint density at radius 1 is 1.40 bits per heavy atom. The molecule has 0 N–H and O–H groups in total. The summed E-state index contributed by atoms with van der Waals surface area (Å²) in [5.41, 5.74) is 0.360. The molecular weight excluding hydrogens is 282 g/mol. The normalized spacial score (nSPS) is 18.4. The fourth-order valence-corrected chi connectivity index (χ4v) is 2.72. The number of rotatable bonds is 2. The Balaban J connectivity index is 2.16. The van der Waals surface area contributed by atoms with E-state index in [9.17, 15) is 14.4 Å².